The van der Waals surface area contributed by atoms with Gasteiger partial charge in [-0.15, -0.1) is 0 Å². The van der Waals surface area contributed by atoms with Gasteiger partial charge in [0.2, 0.25) is 0 Å². The van der Waals surface area contributed by atoms with Crippen molar-refractivity contribution in [3.63, 3.8) is 0 Å². The fourth-order valence-electron chi connectivity index (χ4n) is 5.33. The number of aromatic nitrogens is 1. The maximum atomic E-state index is 13.4. The van der Waals surface area contributed by atoms with Crippen molar-refractivity contribution >= 4 is 17.5 Å². The second kappa shape index (κ2) is 9.13. The number of benzene rings is 2. The molecule has 0 spiro atoms. The molecule has 0 N–H and O–H groups in total. The third-order valence-electron chi connectivity index (χ3n) is 6.79. The molecule has 3 aromatic rings. The highest BCUT2D eigenvalue weighted by Crippen LogP contribution is 2.30. The van der Waals surface area contributed by atoms with Crippen molar-refractivity contribution in [2.24, 2.45) is 11.8 Å². The minimum atomic E-state index is 0.169. The predicted molar refractivity (Wildman–Crippen MR) is 129 cm³/mol. The van der Waals surface area contributed by atoms with E-state index in [0.29, 0.717) is 11.8 Å². The maximum Gasteiger partial charge on any atom is 0.270 e. The molecule has 3 heterocycles. The van der Waals surface area contributed by atoms with E-state index in [-0.39, 0.29) is 5.91 Å². The van der Waals surface area contributed by atoms with Gasteiger partial charge in [0.05, 0.1) is 0 Å². The summed E-state index contributed by atoms with van der Waals surface area (Å²) in [6.07, 6.45) is 3.25. The fraction of sp³-hybridized carbons (Fsp3) is 0.370. The number of hydrogen-bond acceptors (Lipinski definition) is 2. The minimum absolute atomic E-state index is 0.169. The van der Waals surface area contributed by atoms with Crippen molar-refractivity contribution in [1.82, 2.24) is 14.4 Å². The van der Waals surface area contributed by atoms with E-state index in [9.17, 15) is 4.79 Å². The van der Waals surface area contributed by atoms with Crippen LogP contribution in [0.25, 0.3) is 0 Å². The monoisotopic (exact) mass is 447 g/mol. The van der Waals surface area contributed by atoms with Gasteiger partial charge in [0.1, 0.15) is 5.69 Å². The minimum Gasteiger partial charge on any atom is -0.339 e. The highest BCUT2D eigenvalue weighted by atomic mass is 35.5. The molecule has 2 aliphatic heterocycles. The molecule has 2 aromatic carbocycles. The smallest absolute Gasteiger partial charge is 0.270 e. The van der Waals surface area contributed by atoms with Crippen molar-refractivity contribution in [1.29, 1.82) is 0 Å². The summed E-state index contributed by atoms with van der Waals surface area (Å²) in [6, 6.07) is 20.7. The summed E-state index contributed by atoms with van der Waals surface area (Å²) in [7, 11) is 0. The Kier molecular flexibility index (Phi) is 6.07. The van der Waals surface area contributed by atoms with Crippen LogP contribution in [0.4, 0.5) is 0 Å². The molecule has 2 saturated heterocycles. The van der Waals surface area contributed by atoms with E-state index in [4.69, 9.17) is 11.6 Å². The summed E-state index contributed by atoms with van der Waals surface area (Å²) in [5.41, 5.74) is 4.57. The van der Waals surface area contributed by atoms with Crippen LogP contribution in [0.15, 0.2) is 66.9 Å². The molecule has 2 atom stereocenters. The molecule has 1 unspecified atom stereocenters. The van der Waals surface area contributed by atoms with Crippen LogP contribution in [0, 0.1) is 18.8 Å². The molecule has 166 valence electrons. The van der Waals surface area contributed by atoms with Gasteiger partial charge in [-0.25, -0.2) is 0 Å². The number of piperidine rings is 2. The topological polar surface area (TPSA) is 28.5 Å². The fourth-order valence-corrected chi connectivity index (χ4v) is 5.45. The number of rotatable bonds is 5. The van der Waals surface area contributed by atoms with Gasteiger partial charge in [-0.1, -0.05) is 53.6 Å². The summed E-state index contributed by atoms with van der Waals surface area (Å²) in [5.74, 6) is 1.25. The molecular weight excluding hydrogens is 418 g/mol. The second-order valence-corrected chi connectivity index (χ2v) is 9.94. The maximum absolute atomic E-state index is 13.4. The summed E-state index contributed by atoms with van der Waals surface area (Å²) in [6.45, 7) is 7.57. The number of halogens is 1. The van der Waals surface area contributed by atoms with Crippen LogP contribution >= 0.6 is 11.6 Å². The van der Waals surface area contributed by atoms with E-state index in [0.717, 1.165) is 50.0 Å². The molecule has 2 fully saturated rings. The molecule has 1 aromatic heterocycles. The van der Waals surface area contributed by atoms with Crippen LogP contribution in [-0.2, 0) is 13.1 Å². The summed E-state index contributed by atoms with van der Waals surface area (Å²) < 4.78 is 2.09. The van der Waals surface area contributed by atoms with Crippen molar-refractivity contribution < 1.29 is 4.79 Å². The number of carbonyl (C=O) groups excluding carboxylic acids is 1. The predicted octanol–water partition coefficient (Wildman–Crippen LogP) is 5.09. The zero-order valence-corrected chi connectivity index (χ0v) is 19.3. The Bertz CT molecular complexity index is 1060. The second-order valence-electron chi connectivity index (χ2n) is 9.51. The molecule has 2 bridgehead atoms. The van der Waals surface area contributed by atoms with Crippen LogP contribution in [-0.4, -0.2) is 46.5 Å². The van der Waals surface area contributed by atoms with Crippen LogP contribution in [0.1, 0.15) is 33.6 Å². The lowest BCUT2D eigenvalue weighted by Crippen LogP contribution is -2.54. The highest BCUT2D eigenvalue weighted by Gasteiger charge is 2.36. The average Bonchev–Trinajstić information content (AvgIpc) is 3.24. The Balaban J connectivity index is 1.23. The SMILES string of the molecule is Cc1ccc(Cn2cccc2C(=O)N2CC3C[C@@H](CN(Cc4ccc(Cl)cc4)C3)C2)cc1. The van der Waals surface area contributed by atoms with Crippen LogP contribution in [0.5, 0.6) is 0 Å². The molecule has 2 aliphatic rings. The summed E-state index contributed by atoms with van der Waals surface area (Å²) >= 11 is 6.03. The molecule has 4 nitrogen and oxygen atoms in total. The van der Waals surface area contributed by atoms with Crippen molar-refractivity contribution in [2.75, 3.05) is 26.2 Å². The Morgan fingerprint density at radius 1 is 0.875 bits per heavy atom. The zero-order chi connectivity index (χ0) is 22.1. The molecule has 32 heavy (non-hydrogen) atoms. The normalized spacial score (nSPS) is 21.0. The number of fused-ring (bicyclic) bond motifs is 2. The van der Waals surface area contributed by atoms with Crippen LogP contribution in [0.2, 0.25) is 5.02 Å². The largest absolute Gasteiger partial charge is 0.339 e. The first-order valence-corrected chi connectivity index (χ1v) is 11.9. The van der Waals surface area contributed by atoms with E-state index < -0.39 is 0 Å². The van der Waals surface area contributed by atoms with Gasteiger partial charge in [-0.2, -0.15) is 0 Å². The molecule has 1 amide bonds. The lowest BCUT2D eigenvalue weighted by molar-refractivity contribution is 0.0232. The van der Waals surface area contributed by atoms with Gasteiger partial charge in [0.25, 0.3) is 5.91 Å². The Morgan fingerprint density at radius 2 is 1.50 bits per heavy atom. The van der Waals surface area contributed by atoms with E-state index in [1.165, 1.54) is 23.1 Å². The van der Waals surface area contributed by atoms with E-state index in [1.54, 1.807) is 0 Å². The van der Waals surface area contributed by atoms with Gasteiger partial charge >= 0.3 is 0 Å². The average molecular weight is 448 g/mol. The summed E-state index contributed by atoms with van der Waals surface area (Å²) in [4.78, 5) is 18.1. The molecule has 0 aliphatic carbocycles. The van der Waals surface area contributed by atoms with Gasteiger partial charge in [0, 0.05) is 50.5 Å². The van der Waals surface area contributed by atoms with Gasteiger partial charge in [-0.05, 0) is 60.6 Å². The zero-order valence-electron chi connectivity index (χ0n) is 18.6. The standard InChI is InChI=1S/C27H30ClN3O/c1-20-4-6-22(7-5-20)17-30-12-2-3-26(30)27(32)31-18-23-13-24(19-31)16-29(15-23)14-21-8-10-25(28)11-9-21/h2-12,23-24H,13-19H2,1H3/t23-,24?/m0/s1. The van der Waals surface area contributed by atoms with Gasteiger partial charge in [0.15, 0.2) is 0 Å². The highest BCUT2D eigenvalue weighted by molar-refractivity contribution is 6.30. The Hall–Kier alpha value is -2.56. The Labute approximate surface area is 195 Å². The number of likely N-dealkylation sites (tertiary alicyclic amines) is 2. The number of hydrogen-bond donors (Lipinski definition) is 0. The number of aryl methyl sites for hydroxylation is 1. The van der Waals surface area contributed by atoms with Crippen molar-refractivity contribution in [3.8, 4) is 0 Å². The van der Waals surface area contributed by atoms with E-state index in [2.05, 4.69) is 57.7 Å². The van der Waals surface area contributed by atoms with Crippen molar-refractivity contribution in [2.45, 2.75) is 26.4 Å². The lowest BCUT2D eigenvalue weighted by Gasteiger charge is -2.46. The summed E-state index contributed by atoms with van der Waals surface area (Å²) in [5, 5.41) is 0.783. The molecular formula is C27H30ClN3O. The van der Waals surface area contributed by atoms with Crippen LogP contribution < -0.4 is 0 Å². The first-order valence-electron chi connectivity index (χ1n) is 11.5. The number of nitrogens with zero attached hydrogens (tertiary/aromatic N) is 3. The first-order chi connectivity index (χ1) is 15.5. The van der Waals surface area contributed by atoms with E-state index >= 15 is 0 Å². The van der Waals surface area contributed by atoms with Gasteiger partial charge in [-0.3, -0.25) is 9.69 Å². The quantitative estimate of drug-likeness (QED) is 0.544. The first kappa shape index (κ1) is 21.3. The molecule has 0 saturated carbocycles. The third-order valence-corrected chi connectivity index (χ3v) is 7.04. The Morgan fingerprint density at radius 3 is 2.19 bits per heavy atom. The molecule has 5 rings (SSSR count). The number of amides is 1. The number of carbonyl (C=O) groups is 1. The molecule has 5 heteroatoms. The van der Waals surface area contributed by atoms with E-state index in [1.807, 2.05) is 30.5 Å². The lowest BCUT2D eigenvalue weighted by atomic mass is 9.84. The molecule has 0 radical (unpaired) electrons. The van der Waals surface area contributed by atoms with Crippen molar-refractivity contribution in [3.05, 3.63) is 94.3 Å². The third kappa shape index (κ3) is 4.77. The van der Waals surface area contributed by atoms with Gasteiger partial charge < -0.3 is 9.47 Å². The van der Waals surface area contributed by atoms with Crippen LogP contribution in [0.3, 0.4) is 0 Å².